The second-order valence-corrected chi connectivity index (χ2v) is 12.5. The van der Waals surface area contributed by atoms with Crippen LogP contribution in [0.1, 0.15) is 86.1 Å². The van der Waals surface area contributed by atoms with Gasteiger partial charge in [0, 0.05) is 34.4 Å². The third-order valence-electron chi connectivity index (χ3n) is 9.21. The van der Waals surface area contributed by atoms with Crippen LogP contribution >= 0.6 is 11.6 Å². The van der Waals surface area contributed by atoms with Crippen LogP contribution in [-0.2, 0) is 5.41 Å². The quantitative estimate of drug-likeness (QED) is 0.153. The Labute approximate surface area is 279 Å². The van der Waals surface area contributed by atoms with E-state index in [1.807, 2.05) is 54.4 Å². The molecule has 6 nitrogen and oxygen atoms in total. The van der Waals surface area contributed by atoms with Gasteiger partial charge in [-0.3, -0.25) is 19.4 Å². The van der Waals surface area contributed by atoms with Crippen LogP contribution in [0.4, 0.5) is 11.4 Å². The maximum Gasteiger partial charge on any atom is 0.211 e. The second-order valence-electron chi connectivity index (χ2n) is 12.0. The number of halogens is 1. The lowest BCUT2D eigenvalue weighted by Crippen LogP contribution is -2.39. The second kappa shape index (κ2) is 13.8. The highest BCUT2D eigenvalue weighted by molar-refractivity contribution is 6.30. The molecule has 4 aromatic carbocycles. The fraction of sp³-hybridized carbons (Fsp3) is 0.200. The first-order valence-electron chi connectivity index (χ1n) is 15.8. The number of hydrogen-bond donors (Lipinski definition) is 1. The molecule has 0 radical (unpaired) electrons. The minimum absolute atomic E-state index is 0.120. The zero-order chi connectivity index (χ0) is 33.0. The minimum atomic E-state index is -1.65. The molecule has 0 spiro atoms. The summed E-state index contributed by atoms with van der Waals surface area (Å²) in [5, 5.41) is 12.2. The predicted molar refractivity (Wildman–Crippen MR) is 185 cm³/mol. The molecule has 1 aliphatic carbocycles. The van der Waals surface area contributed by atoms with Crippen LogP contribution in [0.2, 0.25) is 5.02 Å². The van der Waals surface area contributed by atoms with Gasteiger partial charge in [-0.05, 0) is 66.4 Å². The summed E-state index contributed by atoms with van der Waals surface area (Å²) in [6.07, 6.45) is 4.13. The number of rotatable bonds is 10. The van der Waals surface area contributed by atoms with Crippen LogP contribution in [0.3, 0.4) is 0 Å². The van der Waals surface area contributed by atoms with Crippen molar-refractivity contribution in [3.8, 4) is 0 Å². The van der Waals surface area contributed by atoms with Crippen LogP contribution in [0.15, 0.2) is 121 Å². The number of aliphatic hydroxyl groups excluding tert-OH is 1. The Kier molecular flexibility index (Phi) is 9.43. The third kappa shape index (κ3) is 6.53. The smallest absolute Gasteiger partial charge is 0.211 e. The summed E-state index contributed by atoms with van der Waals surface area (Å²) in [4.78, 5) is 48.4. The Bertz CT molecular complexity index is 1890. The molecule has 0 aliphatic heterocycles. The van der Waals surface area contributed by atoms with Gasteiger partial charge in [-0.2, -0.15) is 0 Å². The van der Waals surface area contributed by atoms with E-state index in [1.165, 1.54) is 6.07 Å². The van der Waals surface area contributed by atoms with Crippen molar-refractivity contribution >= 4 is 40.3 Å². The largest absolute Gasteiger partial charge is 0.380 e. The monoisotopic (exact) mass is 642 g/mol. The van der Waals surface area contributed by atoms with Crippen molar-refractivity contribution in [3.63, 3.8) is 0 Å². The number of aliphatic hydroxyl groups is 1. The molecule has 1 atom stereocenters. The molecule has 1 aliphatic rings. The summed E-state index contributed by atoms with van der Waals surface area (Å²) in [5.74, 6) is -1.08. The van der Waals surface area contributed by atoms with Crippen molar-refractivity contribution < 1.29 is 19.5 Å². The molecule has 0 saturated heterocycles. The average molecular weight is 643 g/mol. The van der Waals surface area contributed by atoms with E-state index in [9.17, 15) is 19.5 Å². The molecule has 1 unspecified atom stereocenters. The number of hydrogen-bond acceptors (Lipinski definition) is 6. The van der Waals surface area contributed by atoms with E-state index in [2.05, 4.69) is 4.98 Å². The molecule has 1 N–H and O–H groups in total. The number of carbonyl (C=O) groups is 3. The lowest BCUT2D eigenvalue weighted by molar-refractivity contribution is 0.0737. The summed E-state index contributed by atoms with van der Waals surface area (Å²) in [6.45, 7) is 0. The highest BCUT2D eigenvalue weighted by Crippen LogP contribution is 2.43. The van der Waals surface area contributed by atoms with E-state index in [4.69, 9.17) is 11.6 Å². The molecule has 6 rings (SSSR count). The SMILES string of the molecule is CN(c1ccc(Cl)cc1)c1ccc(C(=O)c2ccc(C(=O)C3(c4ccccc4)CCCCC3)c(C(O)C(=O)c3ccccc3)c2)nc1. The Balaban J connectivity index is 1.38. The van der Waals surface area contributed by atoms with Crippen LogP contribution in [-0.4, -0.2) is 34.5 Å². The molecule has 1 aromatic heterocycles. The number of aromatic nitrogens is 1. The number of pyridine rings is 1. The van der Waals surface area contributed by atoms with Crippen molar-refractivity contribution in [1.29, 1.82) is 0 Å². The first-order valence-corrected chi connectivity index (χ1v) is 16.2. The Morgan fingerprint density at radius 1 is 0.766 bits per heavy atom. The van der Waals surface area contributed by atoms with Gasteiger partial charge in [0.2, 0.25) is 5.78 Å². The fourth-order valence-electron chi connectivity index (χ4n) is 6.54. The van der Waals surface area contributed by atoms with Crippen LogP contribution < -0.4 is 4.90 Å². The van der Waals surface area contributed by atoms with Crippen molar-refractivity contribution in [1.82, 2.24) is 4.98 Å². The highest BCUT2D eigenvalue weighted by atomic mass is 35.5. The van der Waals surface area contributed by atoms with Crippen LogP contribution in [0, 0.1) is 0 Å². The van der Waals surface area contributed by atoms with Crippen molar-refractivity contribution in [3.05, 3.63) is 160 Å². The summed E-state index contributed by atoms with van der Waals surface area (Å²) in [7, 11) is 1.89. The molecule has 5 aromatic rings. The summed E-state index contributed by atoms with van der Waals surface area (Å²) < 4.78 is 0. The number of benzene rings is 4. The van der Waals surface area contributed by atoms with Crippen LogP contribution in [0.25, 0.3) is 0 Å². The van der Waals surface area contributed by atoms with Gasteiger partial charge in [0.05, 0.1) is 17.3 Å². The molecule has 47 heavy (non-hydrogen) atoms. The zero-order valence-electron chi connectivity index (χ0n) is 26.1. The van der Waals surface area contributed by atoms with Gasteiger partial charge < -0.3 is 10.0 Å². The van der Waals surface area contributed by atoms with E-state index < -0.39 is 17.3 Å². The lowest BCUT2D eigenvalue weighted by Gasteiger charge is -2.37. The molecule has 1 fully saturated rings. The first-order chi connectivity index (χ1) is 22.8. The molecular formula is C40H35ClN2O4. The van der Waals surface area contributed by atoms with E-state index in [-0.39, 0.29) is 34.0 Å². The van der Waals surface area contributed by atoms with E-state index in [0.717, 1.165) is 36.2 Å². The maximum absolute atomic E-state index is 14.7. The zero-order valence-corrected chi connectivity index (χ0v) is 26.9. The minimum Gasteiger partial charge on any atom is -0.380 e. The van der Waals surface area contributed by atoms with Gasteiger partial charge in [-0.1, -0.05) is 104 Å². The number of ketones is 3. The van der Waals surface area contributed by atoms with E-state index in [1.54, 1.807) is 72.9 Å². The van der Waals surface area contributed by atoms with Crippen molar-refractivity contribution in [2.24, 2.45) is 0 Å². The molecule has 0 amide bonds. The predicted octanol–water partition coefficient (Wildman–Crippen LogP) is 8.74. The van der Waals surface area contributed by atoms with E-state index in [0.29, 0.717) is 23.4 Å². The van der Waals surface area contributed by atoms with Gasteiger partial charge >= 0.3 is 0 Å². The van der Waals surface area contributed by atoms with Crippen molar-refractivity contribution in [2.45, 2.75) is 43.6 Å². The maximum atomic E-state index is 14.7. The standard InChI is InChI=1S/C40H35ClN2O4/c1-43(31-18-16-30(41)17-19-31)32-20-22-35(42-26-32)36(44)28-15-21-33(34(25-28)38(46)37(45)27-11-5-2-6-12-27)39(47)40(23-9-4-10-24-40)29-13-7-3-8-14-29/h2-3,5-8,11-22,25-26,38,46H,4,9-10,23-24H2,1H3. The number of anilines is 2. The van der Waals surface area contributed by atoms with Gasteiger partial charge in [-0.25, -0.2) is 0 Å². The number of carbonyl (C=O) groups excluding carboxylic acids is 3. The summed E-state index contributed by atoms with van der Waals surface area (Å²) in [6, 6.07) is 33.7. The lowest BCUT2D eigenvalue weighted by atomic mass is 9.64. The molecule has 7 heteroatoms. The van der Waals surface area contributed by atoms with Gasteiger partial charge in [-0.15, -0.1) is 0 Å². The number of Topliss-reactive ketones (excluding diaryl/α,β-unsaturated/α-hetero) is 2. The highest BCUT2D eigenvalue weighted by Gasteiger charge is 2.43. The molecule has 1 saturated carbocycles. The molecule has 0 bridgehead atoms. The summed E-state index contributed by atoms with van der Waals surface area (Å²) in [5.41, 5.74) is 2.91. The fourth-order valence-corrected chi connectivity index (χ4v) is 6.66. The topological polar surface area (TPSA) is 87.6 Å². The van der Waals surface area contributed by atoms with Crippen molar-refractivity contribution in [2.75, 3.05) is 11.9 Å². The Hall–Kier alpha value is -4.91. The number of nitrogens with zero attached hydrogens (tertiary/aromatic N) is 2. The Morgan fingerprint density at radius 3 is 2.04 bits per heavy atom. The Morgan fingerprint density at radius 2 is 1.40 bits per heavy atom. The van der Waals surface area contributed by atoms with Gasteiger partial charge in [0.25, 0.3) is 0 Å². The first kappa shape index (κ1) is 32.0. The normalized spacial score (nSPS) is 14.6. The molecule has 236 valence electrons. The summed E-state index contributed by atoms with van der Waals surface area (Å²) >= 11 is 6.04. The van der Waals surface area contributed by atoms with E-state index >= 15 is 0 Å². The molecular weight excluding hydrogens is 608 g/mol. The van der Waals surface area contributed by atoms with Gasteiger partial charge in [0.1, 0.15) is 11.8 Å². The van der Waals surface area contributed by atoms with Gasteiger partial charge in [0.15, 0.2) is 11.6 Å². The van der Waals surface area contributed by atoms with Crippen LogP contribution in [0.5, 0.6) is 0 Å². The third-order valence-corrected chi connectivity index (χ3v) is 9.46. The molecule has 1 heterocycles. The average Bonchev–Trinajstić information content (AvgIpc) is 3.14.